The van der Waals surface area contributed by atoms with Gasteiger partial charge in [-0.25, -0.2) is 0 Å². The third kappa shape index (κ3) is 6.98. The summed E-state index contributed by atoms with van der Waals surface area (Å²) in [6.07, 6.45) is 0. The molecule has 0 radical (unpaired) electrons. The SMILES string of the molecule is CC(C)(C)NCc1ccc(OCC(=O)NCC#N)c(Cl)c1. The molecule has 0 heterocycles. The summed E-state index contributed by atoms with van der Waals surface area (Å²) >= 11 is 6.13. The Morgan fingerprint density at radius 1 is 1.43 bits per heavy atom. The fraction of sp³-hybridized carbons (Fsp3) is 0.467. The van der Waals surface area contributed by atoms with Crippen molar-refractivity contribution in [3.63, 3.8) is 0 Å². The van der Waals surface area contributed by atoms with Crippen molar-refractivity contribution in [2.45, 2.75) is 32.9 Å². The lowest BCUT2D eigenvalue weighted by Gasteiger charge is -2.20. The van der Waals surface area contributed by atoms with E-state index in [0.717, 1.165) is 5.56 Å². The number of carbonyl (C=O) groups excluding carboxylic acids is 1. The van der Waals surface area contributed by atoms with Crippen molar-refractivity contribution in [3.8, 4) is 11.8 Å². The summed E-state index contributed by atoms with van der Waals surface area (Å²) in [5.41, 5.74) is 1.07. The number of hydrogen-bond donors (Lipinski definition) is 2. The highest BCUT2D eigenvalue weighted by Gasteiger charge is 2.10. The summed E-state index contributed by atoms with van der Waals surface area (Å²) in [5, 5.41) is 14.6. The van der Waals surface area contributed by atoms with E-state index >= 15 is 0 Å². The largest absolute Gasteiger partial charge is 0.482 e. The van der Waals surface area contributed by atoms with Crippen molar-refractivity contribution >= 4 is 17.5 Å². The van der Waals surface area contributed by atoms with Gasteiger partial charge in [0.15, 0.2) is 6.61 Å². The maximum absolute atomic E-state index is 11.3. The van der Waals surface area contributed by atoms with Gasteiger partial charge in [0, 0.05) is 12.1 Å². The fourth-order valence-electron chi connectivity index (χ4n) is 1.47. The first-order chi connectivity index (χ1) is 9.81. The standard InChI is InChI=1S/C15H20ClN3O2/c1-15(2,3)19-9-11-4-5-13(12(16)8-11)21-10-14(20)18-7-6-17/h4-5,8,19H,7,9-10H2,1-3H3,(H,18,20). The molecule has 0 bridgehead atoms. The van der Waals surface area contributed by atoms with Gasteiger partial charge in [0.25, 0.3) is 5.91 Å². The van der Waals surface area contributed by atoms with Gasteiger partial charge >= 0.3 is 0 Å². The normalized spacial score (nSPS) is 10.8. The lowest BCUT2D eigenvalue weighted by Crippen LogP contribution is -2.35. The van der Waals surface area contributed by atoms with Gasteiger partial charge in [-0.05, 0) is 38.5 Å². The second-order valence-corrected chi connectivity index (χ2v) is 6.00. The number of ether oxygens (including phenoxy) is 1. The molecule has 0 spiro atoms. The fourth-order valence-corrected chi connectivity index (χ4v) is 1.73. The van der Waals surface area contributed by atoms with Gasteiger partial charge in [-0.1, -0.05) is 17.7 Å². The zero-order chi connectivity index (χ0) is 15.9. The van der Waals surface area contributed by atoms with Crippen molar-refractivity contribution < 1.29 is 9.53 Å². The van der Waals surface area contributed by atoms with Crippen LogP contribution >= 0.6 is 11.6 Å². The number of hydrogen-bond acceptors (Lipinski definition) is 4. The number of halogens is 1. The van der Waals surface area contributed by atoms with Crippen LogP contribution in [-0.2, 0) is 11.3 Å². The Bertz CT molecular complexity index is 533. The molecule has 1 rings (SSSR count). The number of nitriles is 1. The topological polar surface area (TPSA) is 74.2 Å². The molecule has 21 heavy (non-hydrogen) atoms. The summed E-state index contributed by atoms with van der Waals surface area (Å²) in [5.74, 6) is 0.0920. The van der Waals surface area contributed by atoms with E-state index in [1.165, 1.54) is 0 Å². The van der Waals surface area contributed by atoms with E-state index in [4.69, 9.17) is 21.6 Å². The summed E-state index contributed by atoms with van der Waals surface area (Å²) < 4.78 is 5.32. The first kappa shape index (κ1) is 17.3. The second kappa shape index (κ2) is 7.87. The van der Waals surface area contributed by atoms with Crippen LogP contribution in [0, 0.1) is 11.3 Å². The van der Waals surface area contributed by atoms with Crippen LogP contribution in [0.5, 0.6) is 5.75 Å². The van der Waals surface area contributed by atoms with E-state index in [2.05, 4.69) is 31.4 Å². The van der Waals surface area contributed by atoms with Crippen LogP contribution in [0.4, 0.5) is 0 Å². The zero-order valence-electron chi connectivity index (χ0n) is 12.5. The van der Waals surface area contributed by atoms with E-state index in [9.17, 15) is 4.79 Å². The van der Waals surface area contributed by atoms with Crippen molar-refractivity contribution in [3.05, 3.63) is 28.8 Å². The van der Waals surface area contributed by atoms with Crippen molar-refractivity contribution in [2.24, 2.45) is 0 Å². The summed E-state index contributed by atoms with van der Waals surface area (Å²) in [6.45, 7) is 6.77. The molecule has 0 atom stereocenters. The van der Waals surface area contributed by atoms with Crippen molar-refractivity contribution in [1.29, 1.82) is 5.26 Å². The molecule has 0 unspecified atom stereocenters. The van der Waals surface area contributed by atoms with Crippen LogP contribution in [0.2, 0.25) is 5.02 Å². The quantitative estimate of drug-likeness (QED) is 0.790. The highest BCUT2D eigenvalue weighted by atomic mass is 35.5. The van der Waals surface area contributed by atoms with Crippen LogP contribution in [0.3, 0.4) is 0 Å². The zero-order valence-corrected chi connectivity index (χ0v) is 13.3. The highest BCUT2D eigenvalue weighted by Crippen LogP contribution is 2.25. The van der Waals surface area contributed by atoms with E-state index in [-0.39, 0.29) is 24.6 Å². The van der Waals surface area contributed by atoms with E-state index in [1.54, 1.807) is 6.07 Å². The number of amides is 1. The Kier molecular flexibility index (Phi) is 6.47. The molecular weight excluding hydrogens is 290 g/mol. The molecule has 0 aromatic heterocycles. The maximum atomic E-state index is 11.3. The van der Waals surface area contributed by atoms with Gasteiger partial charge in [-0.3, -0.25) is 4.79 Å². The molecule has 0 fully saturated rings. The van der Waals surface area contributed by atoms with Gasteiger partial charge < -0.3 is 15.4 Å². The molecule has 0 saturated heterocycles. The van der Waals surface area contributed by atoms with E-state index in [0.29, 0.717) is 17.3 Å². The summed E-state index contributed by atoms with van der Waals surface area (Å²) in [6, 6.07) is 7.26. The number of benzene rings is 1. The van der Waals surface area contributed by atoms with E-state index < -0.39 is 0 Å². The van der Waals surface area contributed by atoms with Gasteiger partial charge in [0.2, 0.25) is 0 Å². The molecule has 6 heteroatoms. The van der Waals surface area contributed by atoms with Crippen molar-refractivity contribution in [1.82, 2.24) is 10.6 Å². The van der Waals surface area contributed by atoms with Crippen LogP contribution in [0.1, 0.15) is 26.3 Å². The summed E-state index contributed by atoms with van der Waals surface area (Å²) in [7, 11) is 0. The molecule has 5 nitrogen and oxygen atoms in total. The number of nitrogens with zero attached hydrogens (tertiary/aromatic N) is 1. The molecule has 0 aliphatic heterocycles. The van der Waals surface area contributed by atoms with Gasteiger partial charge in [0.05, 0.1) is 11.1 Å². The predicted octanol–water partition coefficient (Wildman–Crippen LogP) is 2.25. The average molecular weight is 310 g/mol. The molecule has 1 aromatic carbocycles. The lowest BCUT2D eigenvalue weighted by atomic mass is 10.1. The van der Waals surface area contributed by atoms with Crippen LogP contribution < -0.4 is 15.4 Å². The molecule has 1 amide bonds. The molecule has 1 aromatic rings. The molecule has 0 saturated carbocycles. The smallest absolute Gasteiger partial charge is 0.258 e. The third-order valence-corrected chi connectivity index (χ3v) is 2.84. The lowest BCUT2D eigenvalue weighted by molar-refractivity contribution is -0.122. The molecular formula is C15H20ClN3O2. The monoisotopic (exact) mass is 309 g/mol. The first-order valence-electron chi connectivity index (χ1n) is 6.62. The average Bonchev–Trinajstić information content (AvgIpc) is 2.41. The van der Waals surface area contributed by atoms with Crippen LogP contribution in [0.25, 0.3) is 0 Å². The number of rotatable bonds is 6. The second-order valence-electron chi connectivity index (χ2n) is 5.59. The van der Waals surface area contributed by atoms with Crippen LogP contribution in [-0.4, -0.2) is 24.6 Å². The Hall–Kier alpha value is -1.77. The minimum atomic E-state index is -0.355. The molecule has 114 valence electrons. The minimum Gasteiger partial charge on any atom is -0.482 e. The third-order valence-electron chi connectivity index (χ3n) is 2.54. The van der Waals surface area contributed by atoms with Gasteiger partial charge in [-0.15, -0.1) is 0 Å². The Labute approximate surface area is 130 Å². The highest BCUT2D eigenvalue weighted by molar-refractivity contribution is 6.32. The minimum absolute atomic E-state index is 0.0283. The molecule has 0 aliphatic carbocycles. The van der Waals surface area contributed by atoms with E-state index in [1.807, 2.05) is 18.2 Å². The molecule has 0 aliphatic rings. The number of nitrogens with one attached hydrogen (secondary N) is 2. The Balaban J connectivity index is 2.54. The molecule has 2 N–H and O–H groups in total. The summed E-state index contributed by atoms with van der Waals surface area (Å²) in [4.78, 5) is 11.3. The maximum Gasteiger partial charge on any atom is 0.258 e. The Morgan fingerprint density at radius 3 is 2.71 bits per heavy atom. The number of carbonyl (C=O) groups is 1. The Morgan fingerprint density at radius 2 is 2.14 bits per heavy atom. The van der Waals surface area contributed by atoms with Crippen LogP contribution in [0.15, 0.2) is 18.2 Å². The first-order valence-corrected chi connectivity index (χ1v) is 6.99. The predicted molar refractivity (Wildman–Crippen MR) is 82.2 cm³/mol. The van der Waals surface area contributed by atoms with Gasteiger partial charge in [0.1, 0.15) is 12.3 Å². The van der Waals surface area contributed by atoms with Gasteiger partial charge in [-0.2, -0.15) is 5.26 Å². The van der Waals surface area contributed by atoms with Crippen molar-refractivity contribution in [2.75, 3.05) is 13.2 Å².